The maximum atomic E-state index is 5.85. The lowest BCUT2D eigenvalue weighted by molar-refractivity contribution is -0.00445. The fourth-order valence-corrected chi connectivity index (χ4v) is 4.94. The molecule has 0 amide bonds. The SMILES string of the molecule is COc1ccc2c(c1)-c1nn(CC3CCCO3)cc1Cc1c(-c3noc(C4COC4)n3)ncn1-2. The molecular formula is C24H24N6O4. The van der Waals surface area contributed by atoms with E-state index in [1.807, 2.05) is 29.2 Å². The van der Waals surface area contributed by atoms with Gasteiger partial charge in [0.05, 0.1) is 56.0 Å². The Morgan fingerprint density at radius 1 is 1.21 bits per heavy atom. The van der Waals surface area contributed by atoms with Gasteiger partial charge in [0, 0.05) is 30.4 Å². The molecule has 4 aromatic rings. The van der Waals surface area contributed by atoms with Gasteiger partial charge in [-0.05, 0) is 31.0 Å². The average molecular weight is 460 g/mol. The summed E-state index contributed by atoms with van der Waals surface area (Å²) in [6.07, 6.45) is 6.98. The molecule has 0 aliphatic carbocycles. The highest BCUT2D eigenvalue weighted by atomic mass is 16.5. The molecule has 0 radical (unpaired) electrons. The van der Waals surface area contributed by atoms with Gasteiger partial charge in [-0.3, -0.25) is 4.68 Å². The highest BCUT2D eigenvalue weighted by molar-refractivity contribution is 5.77. The van der Waals surface area contributed by atoms with E-state index >= 15 is 0 Å². The van der Waals surface area contributed by atoms with Gasteiger partial charge in [0.2, 0.25) is 11.7 Å². The molecule has 10 nitrogen and oxygen atoms in total. The lowest BCUT2D eigenvalue weighted by atomic mass is 10.0. The number of ether oxygens (including phenoxy) is 3. The normalized spacial score (nSPS) is 19.3. The van der Waals surface area contributed by atoms with Gasteiger partial charge in [-0.2, -0.15) is 10.1 Å². The van der Waals surface area contributed by atoms with Crippen molar-refractivity contribution in [3.63, 3.8) is 0 Å². The second kappa shape index (κ2) is 7.78. The number of benzene rings is 1. The van der Waals surface area contributed by atoms with Gasteiger partial charge in [-0.25, -0.2) is 4.98 Å². The lowest BCUT2D eigenvalue weighted by Crippen LogP contribution is -2.25. The van der Waals surface area contributed by atoms with Crippen LogP contribution < -0.4 is 4.74 Å². The van der Waals surface area contributed by atoms with Crippen molar-refractivity contribution in [3.8, 4) is 34.2 Å². The highest BCUT2D eigenvalue weighted by Crippen LogP contribution is 2.39. The molecule has 6 heterocycles. The van der Waals surface area contributed by atoms with E-state index in [-0.39, 0.29) is 12.0 Å². The molecule has 34 heavy (non-hydrogen) atoms. The molecule has 3 aliphatic heterocycles. The van der Waals surface area contributed by atoms with Crippen molar-refractivity contribution in [3.05, 3.63) is 47.9 Å². The first kappa shape index (κ1) is 19.9. The van der Waals surface area contributed by atoms with E-state index in [1.165, 1.54) is 0 Å². The minimum Gasteiger partial charge on any atom is -0.497 e. The van der Waals surface area contributed by atoms with Crippen molar-refractivity contribution >= 4 is 0 Å². The highest BCUT2D eigenvalue weighted by Gasteiger charge is 2.31. The van der Waals surface area contributed by atoms with Crippen LogP contribution in [0.5, 0.6) is 5.75 Å². The minimum atomic E-state index is 0.165. The fourth-order valence-electron chi connectivity index (χ4n) is 4.94. The molecular weight excluding hydrogens is 436 g/mol. The third kappa shape index (κ3) is 3.17. The summed E-state index contributed by atoms with van der Waals surface area (Å²) in [5, 5.41) is 9.22. The largest absolute Gasteiger partial charge is 0.497 e. The Hall–Kier alpha value is -3.50. The quantitative estimate of drug-likeness (QED) is 0.394. The minimum absolute atomic E-state index is 0.165. The van der Waals surface area contributed by atoms with Gasteiger partial charge in [-0.1, -0.05) is 5.16 Å². The zero-order chi connectivity index (χ0) is 22.6. The van der Waals surface area contributed by atoms with Crippen LogP contribution in [0, 0.1) is 0 Å². The molecule has 0 N–H and O–H groups in total. The Labute approximate surface area is 195 Å². The van der Waals surface area contributed by atoms with Crippen LogP contribution in [0.1, 0.15) is 35.9 Å². The van der Waals surface area contributed by atoms with E-state index in [9.17, 15) is 0 Å². The standard InChI is InChI=1S/C24H24N6O4/c1-31-16-4-5-19-18(8-16)21-14(9-29(27-21)10-17-3-2-6-33-17)7-20-22(25-13-30(19)20)23-26-24(34-28-23)15-11-32-12-15/h4-5,8-9,13,15,17H,2-3,6-7,10-12H2,1H3. The molecule has 3 aliphatic rings. The van der Waals surface area contributed by atoms with Crippen LogP contribution in [0.15, 0.2) is 35.2 Å². The molecule has 1 unspecified atom stereocenters. The number of rotatable bonds is 5. The van der Waals surface area contributed by atoms with Gasteiger partial charge in [0.25, 0.3) is 0 Å². The molecule has 2 saturated heterocycles. The molecule has 3 aromatic heterocycles. The third-order valence-electron chi connectivity index (χ3n) is 6.84. The van der Waals surface area contributed by atoms with E-state index in [2.05, 4.69) is 20.9 Å². The molecule has 1 aromatic carbocycles. The van der Waals surface area contributed by atoms with Crippen molar-refractivity contribution in [1.29, 1.82) is 0 Å². The van der Waals surface area contributed by atoms with E-state index in [0.717, 1.165) is 65.6 Å². The van der Waals surface area contributed by atoms with Gasteiger partial charge < -0.3 is 23.3 Å². The summed E-state index contributed by atoms with van der Waals surface area (Å²) in [6.45, 7) is 2.81. The van der Waals surface area contributed by atoms with Crippen LogP contribution in [0.3, 0.4) is 0 Å². The Morgan fingerprint density at radius 2 is 2.15 bits per heavy atom. The van der Waals surface area contributed by atoms with Crippen LogP contribution in [0.2, 0.25) is 0 Å². The summed E-state index contributed by atoms with van der Waals surface area (Å²) in [5.41, 5.74) is 5.78. The monoisotopic (exact) mass is 460 g/mol. The lowest BCUT2D eigenvalue weighted by Gasteiger charge is -2.21. The number of aromatic nitrogens is 6. The molecule has 0 saturated carbocycles. The first-order valence-corrected chi connectivity index (χ1v) is 11.6. The Bertz CT molecular complexity index is 1360. The van der Waals surface area contributed by atoms with Crippen LogP contribution in [-0.2, 0) is 22.4 Å². The second-order valence-corrected chi connectivity index (χ2v) is 9.02. The molecule has 7 rings (SSSR count). The Kier molecular flexibility index (Phi) is 4.56. The summed E-state index contributed by atoms with van der Waals surface area (Å²) in [5.74, 6) is 2.05. The zero-order valence-electron chi connectivity index (χ0n) is 18.8. The van der Waals surface area contributed by atoms with E-state index in [4.69, 9.17) is 28.8 Å². The molecule has 0 spiro atoms. The second-order valence-electron chi connectivity index (χ2n) is 9.02. The van der Waals surface area contributed by atoms with E-state index in [0.29, 0.717) is 31.3 Å². The van der Waals surface area contributed by atoms with Crippen molar-refractivity contribution in [1.82, 2.24) is 29.5 Å². The number of imidazole rings is 1. The number of hydrogen-bond donors (Lipinski definition) is 0. The summed E-state index contributed by atoms with van der Waals surface area (Å²) >= 11 is 0. The summed E-state index contributed by atoms with van der Waals surface area (Å²) in [7, 11) is 1.68. The van der Waals surface area contributed by atoms with E-state index in [1.54, 1.807) is 7.11 Å². The topological polar surface area (TPSA) is 102 Å². The van der Waals surface area contributed by atoms with Gasteiger partial charge in [-0.15, -0.1) is 0 Å². The Morgan fingerprint density at radius 3 is 2.94 bits per heavy atom. The first-order valence-electron chi connectivity index (χ1n) is 11.6. The van der Waals surface area contributed by atoms with Crippen molar-refractivity contribution in [2.24, 2.45) is 0 Å². The van der Waals surface area contributed by atoms with Crippen LogP contribution in [0.25, 0.3) is 28.5 Å². The zero-order valence-corrected chi connectivity index (χ0v) is 18.8. The van der Waals surface area contributed by atoms with E-state index < -0.39 is 0 Å². The van der Waals surface area contributed by atoms with Crippen molar-refractivity contribution in [2.75, 3.05) is 26.9 Å². The number of methoxy groups -OCH3 is 1. The maximum Gasteiger partial charge on any atom is 0.234 e. The average Bonchev–Trinajstić information content (AvgIpc) is 3.60. The van der Waals surface area contributed by atoms with Gasteiger partial charge >= 0.3 is 0 Å². The van der Waals surface area contributed by atoms with Crippen molar-refractivity contribution in [2.45, 2.75) is 37.8 Å². The fraction of sp³-hybridized carbons (Fsp3) is 0.417. The van der Waals surface area contributed by atoms with Gasteiger partial charge in [0.15, 0.2) is 0 Å². The maximum absolute atomic E-state index is 5.85. The van der Waals surface area contributed by atoms with Crippen LogP contribution >= 0.6 is 0 Å². The molecule has 1 atom stereocenters. The van der Waals surface area contributed by atoms with Crippen molar-refractivity contribution < 1.29 is 18.7 Å². The number of nitrogens with zero attached hydrogens (tertiary/aromatic N) is 6. The summed E-state index contributed by atoms with van der Waals surface area (Å²) in [4.78, 5) is 9.33. The molecule has 174 valence electrons. The summed E-state index contributed by atoms with van der Waals surface area (Å²) in [6, 6.07) is 6.04. The molecule has 0 bridgehead atoms. The predicted octanol–water partition coefficient (Wildman–Crippen LogP) is 2.99. The first-order chi connectivity index (χ1) is 16.8. The van der Waals surface area contributed by atoms with Gasteiger partial charge in [0.1, 0.15) is 17.8 Å². The third-order valence-corrected chi connectivity index (χ3v) is 6.84. The number of fused-ring (bicyclic) bond motifs is 5. The number of hydrogen-bond acceptors (Lipinski definition) is 8. The predicted molar refractivity (Wildman–Crippen MR) is 120 cm³/mol. The molecule has 10 heteroatoms. The summed E-state index contributed by atoms with van der Waals surface area (Å²) < 4.78 is 26.3. The smallest absolute Gasteiger partial charge is 0.234 e. The van der Waals surface area contributed by atoms with Crippen LogP contribution in [0.4, 0.5) is 0 Å². The molecule has 2 fully saturated rings. The van der Waals surface area contributed by atoms with Crippen LogP contribution in [-0.4, -0.2) is 62.5 Å². The Balaban J connectivity index is 1.34.